The SMILES string of the molecule is C=CC(=O)Oc1ccc(C(=O)C(Cl)(Cl)Cl)cc1. The van der Waals surface area contributed by atoms with Gasteiger partial charge in [0.25, 0.3) is 3.79 Å². The molecular formula is C11H7Cl3O3. The fourth-order valence-corrected chi connectivity index (χ4v) is 1.32. The third kappa shape index (κ3) is 4.04. The first kappa shape index (κ1) is 14.0. The first-order valence-electron chi connectivity index (χ1n) is 4.40. The zero-order chi connectivity index (χ0) is 13.1. The van der Waals surface area contributed by atoms with Crippen molar-refractivity contribution in [1.82, 2.24) is 0 Å². The van der Waals surface area contributed by atoms with Crippen LogP contribution in [0.15, 0.2) is 36.9 Å². The van der Waals surface area contributed by atoms with Crippen LogP contribution >= 0.6 is 34.8 Å². The first-order valence-corrected chi connectivity index (χ1v) is 5.54. The van der Waals surface area contributed by atoms with Gasteiger partial charge in [-0.15, -0.1) is 0 Å². The number of benzene rings is 1. The Morgan fingerprint density at radius 2 is 1.71 bits per heavy atom. The molecule has 0 aliphatic carbocycles. The van der Waals surface area contributed by atoms with E-state index in [2.05, 4.69) is 6.58 Å². The van der Waals surface area contributed by atoms with Crippen LogP contribution < -0.4 is 4.74 Å². The minimum Gasteiger partial charge on any atom is -0.423 e. The molecule has 0 spiro atoms. The zero-order valence-corrected chi connectivity index (χ0v) is 10.7. The standard InChI is InChI=1S/C11H7Cl3O3/c1-2-9(15)17-8-5-3-7(4-6-8)10(16)11(12,13)14/h2-6H,1H2. The van der Waals surface area contributed by atoms with Crippen LogP contribution in [-0.4, -0.2) is 15.5 Å². The van der Waals surface area contributed by atoms with E-state index < -0.39 is 15.5 Å². The predicted molar refractivity (Wildman–Crippen MR) is 66.9 cm³/mol. The molecule has 0 aliphatic rings. The number of rotatable bonds is 3. The van der Waals surface area contributed by atoms with Crippen LogP contribution in [0.3, 0.4) is 0 Å². The van der Waals surface area contributed by atoms with E-state index >= 15 is 0 Å². The zero-order valence-electron chi connectivity index (χ0n) is 8.45. The van der Waals surface area contributed by atoms with E-state index in [1.807, 2.05) is 0 Å². The van der Waals surface area contributed by atoms with Crippen molar-refractivity contribution in [1.29, 1.82) is 0 Å². The van der Waals surface area contributed by atoms with Crippen LogP contribution in [0.25, 0.3) is 0 Å². The number of halogens is 3. The summed E-state index contributed by atoms with van der Waals surface area (Å²) >= 11 is 16.3. The molecular weight excluding hydrogens is 286 g/mol. The summed E-state index contributed by atoms with van der Waals surface area (Å²) in [5.74, 6) is -0.967. The van der Waals surface area contributed by atoms with Gasteiger partial charge in [-0.2, -0.15) is 0 Å². The summed E-state index contributed by atoms with van der Waals surface area (Å²) in [6.07, 6.45) is 1.03. The maximum Gasteiger partial charge on any atom is 0.335 e. The molecule has 0 saturated carbocycles. The Balaban J connectivity index is 2.85. The average Bonchev–Trinajstić information content (AvgIpc) is 2.27. The number of ketones is 1. The van der Waals surface area contributed by atoms with E-state index in [-0.39, 0.29) is 11.3 Å². The van der Waals surface area contributed by atoms with Gasteiger partial charge in [-0.05, 0) is 24.3 Å². The quantitative estimate of drug-likeness (QED) is 0.282. The molecule has 0 bridgehead atoms. The monoisotopic (exact) mass is 292 g/mol. The van der Waals surface area contributed by atoms with Crippen molar-refractivity contribution < 1.29 is 14.3 Å². The van der Waals surface area contributed by atoms with Crippen molar-refractivity contribution in [3.8, 4) is 5.75 Å². The number of carbonyl (C=O) groups is 2. The van der Waals surface area contributed by atoms with Crippen molar-refractivity contribution in [3.05, 3.63) is 42.5 Å². The minimum absolute atomic E-state index is 0.211. The minimum atomic E-state index is -2.00. The lowest BCUT2D eigenvalue weighted by atomic mass is 10.1. The molecule has 0 fully saturated rings. The summed E-state index contributed by atoms with van der Waals surface area (Å²) in [5.41, 5.74) is 0.211. The van der Waals surface area contributed by atoms with E-state index in [0.717, 1.165) is 6.08 Å². The van der Waals surface area contributed by atoms with Gasteiger partial charge >= 0.3 is 5.97 Å². The summed E-state index contributed by atoms with van der Waals surface area (Å²) in [4.78, 5) is 22.4. The smallest absolute Gasteiger partial charge is 0.335 e. The van der Waals surface area contributed by atoms with Gasteiger partial charge < -0.3 is 4.74 Å². The Morgan fingerprint density at radius 1 is 1.18 bits per heavy atom. The molecule has 0 aromatic heterocycles. The molecule has 1 rings (SSSR count). The molecule has 90 valence electrons. The van der Waals surface area contributed by atoms with E-state index in [1.54, 1.807) is 0 Å². The third-order valence-corrected chi connectivity index (χ3v) is 2.27. The third-order valence-electron chi connectivity index (χ3n) is 1.76. The molecule has 0 saturated heterocycles. The number of ether oxygens (including phenoxy) is 1. The Hall–Kier alpha value is -1.03. The molecule has 0 atom stereocenters. The van der Waals surface area contributed by atoms with Crippen LogP contribution in [0.5, 0.6) is 5.75 Å². The van der Waals surface area contributed by atoms with Crippen molar-refractivity contribution >= 4 is 46.6 Å². The Kier molecular flexibility index (Phi) is 4.57. The number of hydrogen-bond donors (Lipinski definition) is 0. The summed E-state index contributed by atoms with van der Waals surface area (Å²) in [6, 6.07) is 5.64. The highest BCUT2D eigenvalue weighted by Crippen LogP contribution is 2.30. The Labute approximate surface area is 113 Å². The highest BCUT2D eigenvalue weighted by Gasteiger charge is 2.31. The van der Waals surface area contributed by atoms with Crippen LogP contribution in [0.4, 0.5) is 0 Å². The van der Waals surface area contributed by atoms with Gasteiger partial charge in [0.2, 0.25) is 5.78 Å². The van der Waals surface area contributed by atoms with Crippen LogP contribution in [-0.2, 0) is 4.79 Å². The number of esters is 1. The van der Waals surface area contributed by atoms with Gasteiger partial charge in [0, 0.05) is 11.6 Å². The number of Topliss-reactive ketones (excluding diaryl/α,β-unsaturated/α-hetero) is 1. The number of hydrogen-bond acceptors (Lipinski definition) is 3. The van der Waals surface area contributed by atoms with E-state index in [1.165, 1.54) is 24.3 Å². The molecule has 1 aromatic carbocycles. The number of alkyl halides is 3. The van der Waals surface area contributed by atoms with Gasteiger partial charge in [0.15, 0.2) is 0 Å². The Morgan fingerprint density at radius 3 is 2.12 bits per heavy atom. The number of carbonyl (C=O) groups excluding carboxylic acids is 2. The van der Waals surface area contributed by atoms with Crippen LogP contribution in [0, 0.1) is 0 Å². The second kappa shape index (κ2) is 5.54. The maximum atomic E-state index is 11.5. The van der Waals surface area contributed by atoms with Gasteiger partial charge in [-0.3, -0.25) is 4.79 Å². The van der Waals surface area contributed by atoms with Gasteiger partial charge in [0.05, 0.1) is 0 Å². The maximum absolute atomic E-state index is 11.5. The van der Waals surface area contributed by atoms with Crippen molar-refractivity contribution in [2.24, 2.45) is 0 Å². The first-order chi connectivity index (χ1) is 7.84. The van der Waals surface area contributed by atoms with E-state index in [9.17, 15) is 9.59 Å². The van der Waals surface area contributed by atoms with E-state index in [4.69, 9.17) is 39.5 Å². The molecule has 0 N–H and O–H groups in total. The summed E-state index contributed by atoms with van der Waals surface area (Å²) in [6.45, 7) is 3.25. The van der Waals surface area contributed by atoms with Crippen LogP contribution in [0.2, 0.25) is 0 Å². The predicted octanol–water partition coefficient (Wildman–Crippen LogP) is 3.33. The van der Waals surface area contributed by atoms with Gasteiger partial charge in [-0.1, -0.05) is 41.4 Å². The normalized spacial score (nSPS) is 10.8. The van der Waals surface area contributed by atoms with E-state index in [0.29, 0.717) is 0 Å². The Bertz CT molecular complexity index is 446. The highest BCUT2D eigenvalue weighted by molar-refractivity contribution is 6.77. The fourth-order valence-electron chi connectivity index (χ4n) is 0.996. The fraction of sp³-hybridized carbons (Fsp3) is 0.0909. The molecule has 17 heavy (non-hydrogen) atoms. The summed E-state index contributed by atoms with van der Waals surface area (Å²) in [5, 5.41) is 0. The average molecular weight is 294 g/mol. The molecule has 0 heterocycles. The highest BCUT2D eigenvalue weighted by atomic mass is 35.6. The van der Waals surface area contributed by atoms with Gasteiger partial charge in [0.1, 0.15) is 5.75 Å². The lowest BCUT2D eigenvalue weighted by Gasteiger charge is -2.09. The summed E-state index contributed by atoms with van der Waals surface area (Å²) in [7, 11) is 0. The molecule has 3 nitrogen and oxygen atoms in total. The molecule has 0 aliphatic heterocycles. The summed E-state index contributed by atoms with van der Waals surface area (Å²) < 4.78 is 2.82. The molecule has 0 unspecified atom stereocenters. The lowest BCUT2D eigenvalue weighted by molar-refractivity contribution is -0.128. The van der Waals surface area contributed by atoms with Crippen LogP contribution in [0.1, 0.15) is 10.4 Å². The van der Waals surface area contributed by atoms with Crippen molar-refractivity contribution in [3.63, 3.8) is 0 Å². The molecule has 0 amide bonds. The van der Waals surface area contributed by atoms with Crippen molar-refractivity contribution in [2.45, 2.75) is 3.79 Å². The molecule has 1 aromatic rings. The molecule has 0 radical (unpaired) electrons. The largest absolute Gasteiger partial charge is 0.423 e. The lowest BCUT2D eigenvalue weighted by Crippen LogP contribution is -2.18. The second-order valence-corrected chi connectivity index (χ2v) is 5.26. The molecule has 6 heteroatoms. The second-order valence-electron chi connectivity index (χ2n) is 2.98. The van der Waals surface area contributed by atoms with Crippen molar-refractivity contribution in [2.75, 3.05) is 0 Å². The topological polar surface area (TPSA) is 43.4 Å². The van der Waals surface area contributed by atoms with Gasteiger partial charge in [-0.25, -0.2) is 4.79 Å².